The van der Waals surface area contributed by atoms with Gasteiger partial charge in [-0.05, 0) is 24.6 Å². The van der Waals surface area contributed by atoms with Crippen molar-refractivity contribution in [2.24, 2.45) is 0 Å². The number of unbranched alkanes of at least 4 members (excludes halogenated alkanes) is 2. The largest absolute Gasteiger partial charge is 0.370 e. The van der Waals surface area contributed by atoms with Crippen LogP contribution >= 0.6 is 23.2 Å². The molecule has 112 valence electrons. The molecule has 2 rings (SSSR count). The molecular formula is C15H18Cl2N4. The monoisotopic (exact) mass is 324 g/mol. The molecule has 2 aromatic rings. The number of aromatic nitrogens is 2. The van der Waals surface area contributed by atoms with E-state index >= 15 is 0 Å². The molecule has 0 saturated carbocycles. The zero-order valence-corrected chi connectivity index (χ0v) is 13.4. The lowest BCUT2D eigenvalue weighted by molar-refractivity contribution is 0.742. The van der Waals surface area contributed by atoms with Crippen LogP contribution in [0.15, 0.2) is 30.6 Å². The van der Waals surface area contributed by atoms with Gasteiger partial charge in [0.25, 0.3) is 0 Å². The molecule has 1 aromatic heterocycles. The fourth-order valence-electron chi connectivity index (χ4n) is 1.84. The van der Waals surface area contributed by atoms with Gasteiger partial charge in [-0.2, -0.15) is 0 Å². The van der Waals surface area contributed by atoms with E-state index in [-0.39, 0.29) is 0 Å². The molecule has 0 bridgehead atoms. The van der Waals surface area contributed by atoms with E-state index in [2.05, 4.69) is 27.5 Å². The Morgan fingerprint density at radius 1 is 1.05 bits per heavy atom. The molecule has 0 unspecified atom stereocenters. The number of hydrogen-bond donors (Lipinski definition) is 2. The van der Waals surface area contributed by atoms with Crippen LogP contribution in [0.25, 0.3) is 0 Å². The predicted octanol–water partition coefficient (Wildman–Crippen LogP) is 5.13. The van der Waals surface area contributed by atoms with E-state index in [1.807, 2.05) is 12.1 Å². The van der Waals surface area contributed by atoms with Gasteiger partial charge in [0.15, 0.2) is 0 Å². The van der Waals surface area contributed by atoms with Crippen molar-refractivity contribution in [3.05, 3.63) is 40.6 Å². The molecule has 0 radical (unpaired) electrons. The quantitative estimate of drug-likeness (QED) is 0.693. The third kappa shape index (κ3) is 5.06. The Morgan fingerprint density at radius 2 is 1.86 bits per heavy atom. The van der Waals surface area contributed by atoms with Crippen molar-refractivity contribution in [2.75, 3.05) is 17.2 Å². The molecular weight excluding hydrogens is 307 g/mol. The summed E-state index contributed by atoms with van der Waals surface area (Å²) in [5.41, 5.74) is 0.761. The summed E-state index contributed by atoms with van der Waals surface area (Å²) in [4.78, 5) is 8.39. The average molecular weight is 325 g/mol. The Kier molecular flexibility index (Phi) is 6.08. The summed E-state index contributed by atoms with van der Waals surface area (Å²) in [5, 5.41) is 7.60. The molecule has 0 aliphatic rings. The van der Waals surface area contributed by atoms with Crippen molar-refractivity contribution in [2.45, 2.75) is 26.2 Å². The van der Waals surface area contributed by atoms with E-state index in [1.54, 1.807) is 12.1 Å². The second kappa shape index (κ2) is 8.05. The minimum Gasteiger partial charge on any atom is -0.370 e. The Morgan fingerprint density at radius 3 is 2.62 bits per heavy atom. The maximum Gasteiger partial charge on any atom is 0.135 e. The van der Waals surface area contributed by atoms with Crippen molar-refractivity contribution in [3.63, 3.8) is 0 Å². The molecule has 0 saturated heterocycles. The molecule has 0 atom stereocenters. The highest BCUT2D eigenvalue weighted by atomic mass is 35.5. The predicted molar refractivity (Wildman–Crippen MR) is 89.8 cm³/mol. The number of rotatable bonds is 7. The first-order chi connectivity index (χ1) is 10.2. The summed E-state index contributed by atoms with van der Waals surface area (Å²) in [7, 11) is 0. The zero-order chi connectivity index (χ0) is 15.1. The number of halogens is 2. The van der Waals surface area contributed by atoms with Crippen LogP contribution in [-0.4, -0.2) is 16.5 Å². The number of hydrogen-bond acceptors (Lipinski definition) is 4. The van der Waals surface area contributed by atoms with Gasteiger partial charge in [-0.25, -0.2) is 9.97 Å². The first-order valence-electron chi connectivity index (χ1n) is 6.97. The summed E-state index contributed by atoms with van der Waals surface area (Å²) in [6, 6.07) is 7.15. The summed E-state index contributed by atoms with van der Waals surface area (Å²) in [5.74, 6) is 1.49. The van der Waals surface area contributed by atoms with Crippen molar-refractivity contribution in [1.82, 2.24) is 9.97 Å². The number of nitrogens with zero attached hydrogens (tertiary/aromatic N) is 2. The normalized spacial score (nSPS) is 10.4. The number of nitrogens with one attached hydrogen (secondary N) is 2. The molecule has 1 heterocycles. The molecule has 0 aliphatic heterocycles. The summed E-state index contributed by atoms with van der Waals surface area (Å²) >= 11 is 12.0. The molecule has 1 aromatic carbocycles. The second-order valence-electron chi connectivity index (χ2n) is 4.67. The molecule has 0 spiro atoms. The van der Waals surface area contributed by atoms with Gasteiger partial charge in [-0.3, -0.25) is 0 Å². The van der Waals surface area contributed by atoms with Gasteiger partial charge >= 0.3 is 0 Å². The van der Waals surface area contributed by atoms with Crippen molar-refractivity contribution in [1.29, 1.82) is 0 Å². The molecule has 6 heteroatoms. The Hall–Kier alpha value is -1.52. The topological polar surface area (TPSA) is 49.8 Å². The van der Waals surface area contributed by atoms with Gasteiger partial charge in [0.1, 0.15) is 18.0 Å². The lowest BCUT2D eigenvalue weighted by atomic mass is 10.2. The summed E-state index contributed by atoms with van der Waals surface area (Å²) < 4.78 is 0. The van der Waals surface area contributed by atoms with E-state index < -0.39 is 0 Å². The van der Waals surface area contributed by atoms with E-state index in [0.717, 1.165) is 24.5 Å². The highest BCUT2D eigenvalue weighted by Gasteiger charge is 2.04. The van der Waals surface area contributed by atoms with Gasteiger partial charge in [0.2, 0.25) is 0 Å². The van der Waals surface area contributed by atoms with Crippen LogP contribution in [-0.2, 0) is 0 Å². The molecule has 4 nitrogen and oxygen atoms in total. The van der Waals surface area contributed by atoms with Crippen LogP contribution < -0.4 is 10.6 Å². The van der Waals surface area contributed by atoms with Crippen molar-refractivity contribution < 1.29 is 0 Å². The van der Waals surface area contributed by atoms with E-state index in [1.165, 1.54) is 19.2 Å². The van der Waals surface area contributed by atoms with E-state index in [0.29, 0.717) is 15.9 Å². The first-order valence-corrected chi connectivity index (χ1v) is 7.72. The molecule has 0 fully saturated rings. The highest BCUT2D eigenvalue weighted by Crippen LogP contribution is 2.27. The van der Waals surface area contributed by atoms with Crippen LogP contribution in [0.4, 0.5) is 17.3 Å². The fraction of sp³-hybridized carbons (Fsp3) is 0.333. The summed E-state index contributed by atoms with van der Waals surface area (Å²) in [6.07, 6.45) is 5.07. The van der Waals surface area contributed by atoms with E-state index in [9.17, 15) is 0 Å². The number of benzene rings is 1. The Labute approximate surface area is 134 Å². The molecule has 0 aliphatic carbocycles. The Bertz CT molecular complexity index is 590. The Balaban J connectivity index is 2.00. The third-order valence-electron chi connectivity index (χ3n) is 2.95. The van der Waals surface area contributed by atoms with Gasteiger partial charge in [0.05, 0.1) is 10.7 Å². The van der Waals surface area contributed by atoms with Crippen LogP contribution in [0.5, 0.6) is 0 Å². The van der Waals surface area contributed by atoms with Crippen LogP contribution in [0.3, 0.4) is 0 Å². The van der Waals surface area contributed by atoms with Gasteiger partial charge in [0, 0.05) is 17.6 Å². The molecule has 0 amide bonds. The van der Waals surface area contributed by atoms with Crippen molar-refractivity contribution >= 4 is 40.5 Å². The SMILES string of the molecule is CCCCCNc1cc(Nc2ccc(Cl)cc2Cl)ncn1. The fourth-order valence-corrected chi connectivity index (χ4v) is 2.30. The lowest BCUT2D eigenvalue weighted by Crippen LogP contribution is -2.04. The van der Waals surface area contributed by atoms with Gasteiger partial charge < -0.3 is 10.6 Å². The first kappa shape index (κ1) is 15.9. The minimum absolute atomic E-state index is 0.554. The average Bonchev–Trinajstić information content (AvgIpc) is 2.47. The summed E-state index contributed by atoms with van der Waals surface area (Å²) in [6.45, 7) is 3.09. The smallest absolute Gasteiger partial charge is 0.135 e. The lowest BCUT2D eigenvalue weighted by Gasteiger charge is -2.10. The van der Waals surface area contributed by atoms with Crippen LogP contribution in [0.1, 0.15) is 26.2 Å². The van der Waals surface area contributed by atoms with Crippen molar-refractivity contribution in [3.8, 4) is 0 Å². The minimum atomic E-state index is 0.554. The van der Waals surface area contributed by atoms with Gasteiger partial charge in [-0.15, -0.1) is 0 Å². The van der Waals surface area contributed by atoms with Gasteiger partial charge in [-0.1, -0.05) is 43.0 Å². The van der Waals surface area contributed by atoms with E-state index in [4.69, 9.17) is 23.2 Å². The second-order valence-corrected chi connectivity index (χ2v) is 5.52. The molecule has 21 heavy (non-hydrogen) atoms. The third-order valence-corrected chi connectivity index (χ3v) is 3.50. The van der Waals surface area contributed by atoms with Crippen LogP contribution in [0.2, 0.25) is 10.0 Å². The standard InChI is InChI=1S/C15H18Cl2N4/c1-2-3-4-7-18-14-9-15(20-10-19-14)21-13-6-5-11(16)8-12(13)17/h5-6,8-10H,2-4,7H2,1H3,(H2,18,19,20,21). The molecule has 2 N–H and O–H groups in total. The van der Waals surface area contributed by atoms with Crippen LogP contribution in [0, 0.1) is 0 Å². The number of anilines is 3. The zero-order valence-electron chi connectivity index (χ0n) is 11.9. The maximum absolute atomic E-state index is 6.13. The highest BCUT2D eigenvalue weighted by molar-refractivity contribution is 6.36. The maximum atomic E-state index is 6.13.